The largest absolute Gasteiger partial charge is 0.398 e. The average Bonchev–Trinajstić information content (AvgIpc) is 2.04. The molecule has 1 rings (SSSR count). The fourth-order valence-electron chi connectivity index (χ4n) is 1.27. The zero-order valence-corrected chi connectivity index (χ0v) is 9.03. The minimum atomic E-state index is 0. The topological polar surface area (TPSA) is 73.9 Å². The predicted molar refractivity (Wildman–Crippen MR) is 59.7 cm³/mol. The number of aromatic nitrogens is 1. The van der Waals surface area contributed by atoms with Crippen LogP contribution in [-0.2, 0) is 12.8 Å². The Balaban J connectivity index is 0. The Morgan fingerprint density at radius 1 is 1.31 bits per heavy atom. The van der Waals surface area contributed by atoms with Crippen molar-refractivity contribution in [3.63, 3.8) is 0 Å². The molecular formula is C9H18ClN3. The van der Waals surface area contributed by atoms with Gasteiger partial charge in [-0.1, -0.05) is 13.8 Å². The molecule has 0 unspecified atom stereocenters. The molecule has 1 heterocycles. The van der Waals surface area contributed by atoms with Gasteiger partial charge in [0.1, 0.15) is 0 Å². The predicted octanol–water partition coefficient (Wildman–Crippen LogP) is 2.37. The first-order valence-electron chi connectivity index (χ1n) is 4.01. The zero-order valence-electron chi connectivity index (χ0n) is 8.21. The molecule has 0 bridgehead atoms. The van der Waals surface area contributed by atoms with Crippen LogP contribution in [0.3, 0.4) is 0 Å². The molecule has 0 spiro atoms. The Hall–Kier alpha value is -0.800. The highest BCUT2D eigenvalue weighted by molar-refractivity contribution is 5.85. The molecule has 0 atom stereocenters. The van der Waals surface area contributed by atoms with E-state index in [9.17, 15) is 0 Å². The first kappa shape index (κ1) is 14.7. The number of hydrogen-bond acceptors (Lipinski definition) is 3. The molecular weight excluding hydrogens is 186 g/mol. The van der Waals surface area contributed by atoms with Crippen LogP contribution < -0.4 is 11.9 Å². The second kappa shape index (κ2) is 6.69. The van der Waals surface area contributed by atoms with E-state index in [4.69, 9.17) is 5.73 Å². The lowest BCUT2D eigenvalue weighted by molar-refractivity contribution is 0.968. The van der Waals surface area contributed by atoms with Crippen molar-refractivity contribution in [3.05, 3.63) is 23.5 Å². The van der Waals surface area contributed by atoms with E-state index in [2.05, 4.69) is 18.8 Å². The number of aryl methyl sites for hydroxylation is 1. The molecule has 0 saturated heterocycles. The van der Waals surface area contributed by atoms with E-state index < -0.39 is 0 Å². The third-order valence-corrected chi connectivity index (χ3v) is 1.87. The maximum atomic E-state index is 5.77. The lowest BCUT2D eigenvalue weighted by atomic mass is 10.1. The molecule has 1 aromatic heterocycles. The minimum Gasteiger partial charge on any atom is -0.398 e. The highest BCUT2D eigenvalue weighted by atomic mass is 35.5. The average molecular weight is 204 g/mol. The van der Waals surface area contributed by atoms with Gasteiger partial charge < -0.3 is 11.9 Å². The molecule has 4 heteroatoms. The minimum absolute atomic E-state index is 0. The van der Waals surface area contributed by atoms with Gasteiger partial charge in [0, 0.05) is 17.6 Å². The molecule has 0 aliphatic carbocycles. The Labute approximate surface area is 85.7 Å². The third-order valence-electron chi connectivity index (χ3n) is 1.87. The Kier molecular flexibility index (Phi) is 7.57. The molecule has 0 aromatic carbocycles. The van der Waals surface area contributed by atoms with Crippen LogP contribution in [0.5, 0.6) is 0 Å². The highest BCUT2D eigenvalue weighted by Crippen LogP contribution is 2.15. The molecule has 0 fully saturated rings. The van der Waals surface area contributed by atoms with E-state index in [-0.39, 0.29) is 18.6 Å². The van der Waals surface area contributed by atoms with E-state index in [0.29, 0.717) is 0 Å². The molecule has 0 saturated carbocycles. The monoisotopic (exact) mass is 203 g/mol. The highest BCUT2D eigenvalue weighted by Gasteiger charge is 2.02. The van der Waals surface area contributed by atoms with E-state index >= 15 is 0 Å². The molecule has 0 radical (unpaired) electrons. The first-order valence-corrected chi connectivity index (χ1v) is 4.01. The maximum Gasteiger partial charge on any atom is 0.0453 e. The zero-order chi connectivity index (χ0) is 8.27. The van der Waals surface area contributed by atoms with Gasteiger partial charge in [-0.05, 0) is 24.5 Å². The van der Waals surface area contributed by atoms with Crippen LogP contribution in [0.4, 0.5) is 5.69 Å². The van der Waals surface area contributed by atoms with Gasteiger partial charge in [-0.15, -0.1) is 12.4 Å². The standard InChI is InChI=1S/C9H14N2.ClH.H3N/c1-3-7-8(10)5-6-11-9(7)4-2;;/h5-6H,3-4H2,1-2H3,(H2,10,11);1H;1H3. The summed E-state index contributed by atoms with van der Waals surface area (Å²) in [5.41, 5.74) is 8.98. The quantitative estimate of drug-likeness (QED) is 0.775. The number of nitrogens with zero attached hydrogens (tertiary/aromatic N) is 1. The van der Waals surface area contributed by atoms with E-state index in [0.717, 1.165) is 24.2 Å². The molecule has 0 aliphatic heterocycles. The fourth-order valence-corrected chi connectivity index (χ4v) is 1.27. The van der Waals surface area contributed by atoms with Crippen molar-refractivity contribution in [2.24, 2.45) is 0 Å². The van der Waals surface area contributed by atoms with E-state index in [1.807, 2.05) is 6.07 Å². The summed E-state index contributed by atoms with van der Waals surface area (Å²) < 4.78 is 0. The van der Waals surface area contributed by atoms with Crippen LogP contribution >= 0.6 is 12.4 Å². The van der Waals surface area contributed by atoms with Gasteiger partial charge in [0.05, 0.1) is 0 Å². The van der Waals surface area contributed by atoms with Crippen LogP contribution in [0.1, 0.15) is 25.1 Å². The molecule has 1 aromatic rings. The van der Waals surface area contributed by atoms with Crippen LogP contribution in [0.2, 0.25) is 0 Å². The third kappa shape index (κ3) is 3.20. The Morgan fingerprint density at radius 3 is 2.31 bits per heavy atom. The lowest BCUT2D eigenvalue weighted by Gasteiger charge is -2.06. The summed E-state index contributed by atoms with van der Waals surface area (Å²) in [4.78, 5) is 4.25. The van der Waals surface area contributed by atoms with Crippen LogP contribution in [0.15, 0.2) is 12.3 Å². The Morgan fingerprint density at radius 2 is 1.92 bits per heavy atom. The number of anilines is 1. The van der Waals surface area contributed by atoms with Crippen molar-refractivity contribution < 1.29 is 0 Å². The van der Waals surface area contributed by atoms with Crippen molar-refractivity contribution in [2.45, 2.75) is 26.7 Å². The van der Waals surface area contributed by atoms with Crippen molar-refractivity contribution in [3.8, 4) is 0 Å². The van der Waals surface area contributed by atoms with Gasteiger partial charge in [-0.2, -0.15) is 0 Å². The van der Waals surface area contributed by atoms with Crippen molar-refractivity contribution in [1.29, 1.82) is 0 Å². The van der Waals surface area contributed by atoms with Gasteiger partial charge in [0.15, 0.2) is 0 Å². The van der Waals surface area contributed by atoms with Gasteiger partial charge in [-0.3, -0.25) is 4.98 Å². The summed E-state index contributed by atoms with van der Waals surface area (Å²) in [7, 11) is 0. The summed E-state index contributed by atoms with van der Waals surface area (Å²) in [5, 5.41) is 0. The summed E-state index contributed by atoms with van der Waals surface area (Å²) >= 11 is 0. The smallest absolute Gasteiger partial charge is 0.0453 e. The maximum absolute atomic E-state index is 5.77. The van der Waals surface area contributed by atoms with Crippen LogP contribution in [0, 0.1) is 0 Å². The first-order chi connectivity index (χ1) is 5.29. The second-order valence-corrected chi connectivity index (χ2v) is 2.53. The number of nitrogens with two attached hydrogens (primary N) is 1. The number of halogens is 1. The van der Waals surface area contributed by atoms with Crippen molar-refractivity contribution in [2.75, 3.05) is 5.73 Å². The van der Waals surface area contributed by atoms with Gasteiger partial charge >= 0.3 is 0 Å². The number of hydrogen-bond donors (Lipinski definition) is 2. The summed E-state index contributed by atoms with van der Waals surface area (Å²) in [6.45, 7) is 4.20. The molecule has 76 valence electrons. The normalized spacial score (nSPS) is 8.46. The van der Waals surface area contributed by atoms with E-state index in [1.165, 1.54) is 5.56 Å². The SMILES string of the molecule is CCc1nccc(N)c1CC.Cl.N. The van der Waals surface area contributed by atoms with E-state index in [1.54, 1.807) is 6.20 Å². The molecule has 13 heavy (non-hydrogen) atoms. The summed E-state index contributed by atoms with van der Waals surface area (Å²) in [6.07, 6.45) is 3.71. The van der Waals surface area contributed by atoms with Gasteiger partial charge in [-0.25, -0.2) is 0 Å². The lowest BCUT2D eigenvalue weighted by Crippen LogP contribution is -2.00. The van der Waals surface area contributed by atoms with Crippen LogP contribution in [-0.4, -0.2) is 4.98 Å². The summed E-state index contributed by atoms with van der Waals surface area (Å²) in [5.74, 6) is 0. The molecule has 5 N–H and O–H groups in total. The second-order valence-electron chi connectivity index (χ2n) is 2.53. The number of rotatable bonds is 2. The van der Waals surface area contributed by atoms with Crippen LogP contribution in [0.25, 0.3) is 0 Å². The number of nitrogen functional groups attached to an aromatic ring is 1. The molecule has 0 aliphatic rings. The fraction of sp³-hybridized carbons (Fsp3) is 0.444. The van der Waals surface area contributed by atoms with Crippen molar-refractivity contribution >= 4 is 18.1 Å². The molecule has 3 nitrogen and oxygen atoms in total. The van der Waals surface area contributed by atoms with Gasteiger partial charge in [0.2, 0.25) is 0 Å². The van der Waals surface area contributed by atoms with Gasteiger partial charge in [0.25, 0.3) is 0 Å². The molecule has 0 amide bonds. The Bertz CT molecular complexity index is 251. The summed E-state index contributed by atoms with van der Waals surface area (Å²) in [6, 6.07) is 1.86. The van der Waals surface area contributed by atoms with Crippen molar-refractivity contribution in [1.82, 2.24) is 11.1 Å². The number of pyridine rings is 1.